The lowest BCUT2D eigenvalue weighted by Gasteiger charge is -2.38. The third-order valence-electron chi connectivity index (χ3n) is 9.00. The number of hydrogen-bond donors (Lipinski definition) is 2. The number of carbonyl (C=O) groups excluding carboxylic acids is 3. The molecule has 7 nitrogen and oxygen atoms in total. The molecule has 4 aliphatic rings. The largest absolute Gasteiger partial charge is 0.359 e. The molecule has 0 radical (unpaired) electrons. The van der Waals surface area contributed by atoms with Crippen molar-refractivity contribution >= 4 is 35.0 Å². The molecule has 1 aliphatic carbocycles. The van der Waals surface area contributed by atoms with Crippen molar-refractivity contribution in [3.8, 4) is 0 Å². The molecule has 3 amide bonds. The summed E-state index contributed by atoms with van der Waals surface area (Å²) in [6, 6.07) is 6.21. The van der Waals surface area contributed by atoms with Crippen molar-refractivity contribution in [2.24, 2.45) is 29.6 Å². The number of nitrogens with zero attached hydrogens (tertiary/aromatic N) is 1. The summed E-state index contributed by atoms with van der Waals surface area (Å²) in [6.07, 6.45) is 7.11. The Labute approximate surface area is 224 Å². The molecule has 3 aliphatic heterocycles. The van der Waals surface area contributed by atoms with Crippen LogP contribution >= 0.6 is 11.6 Å². The van der Waals surface area contributed by atoms with E-state index in [9.17, 15) is 14.4 Å². The van der Waals surface area contributed by atoms with Crippen LogP contribution in [0.5, 0.6) is 0 Å². The number of halogens is 1. The molecule has 3 fully saturated rings. The van der Waals surface area contributed by atoms with Crippen LogP contribution in [0.25, 0.3) is 0 Å². The van der Waals surface area contributed by atoms with E-state index in [1.807, 2.05) is 12.2 Å². The second kappa shape index (κ2) is 10.1. The highest BCUT2D eigenvalue weighted by molar-refractivity contribution is 6.30. The number of nitrogens with one attached hydrogen (secondary N) is 2. The van der Waals surface area contributed by atoms with Crippen LogP contribution in [0.2, 0.25) is 5.02 Å². The van der Waals surface area contributed by atoms with Crippen molar-refractivity contribution in [3.05, 3.63) is 41.4 Å². The summed E-state index contributed by atoms with van der Waals surface area (Å²) >= 11 is 6.10. The Kier molecular flexibility index (Phi) is 7.14. The smallest absolute Gasteiger partial charge is 0.246 e. The fraction of sp³-hybridized carbons (Fsp3) is 0.621. The van der Waals surface area contributed by atoms with Gasteiger partial charge in [-0.25, -0.2) is 0 Å². The molecule has 5 rings (SSSR count). The highest BCUT2D eigenvalue weighted by Gasteiger charge is 2.72. The predicted octanol–water partition coefficient (Wildman–Crippen LogP) is 4.42. The van der Waals surface area contributed by atoms with E-state index in [0.29, 0.717) is 35.0 Å². The van der Waals surface area contributed by atoms with Crippen molar-refractivity contribution < 1.29 is 19.1 Å². The first kappa shape index (κ1) is 26.2. The minimum absolute atomic E-state index is 0.0678. The van der Waals surface area contributed by atoms with E-state index >= 15 is 0 Å². The van der Waals surface area contributed by atoms with Crippen LogP contribution in [0.4, 0.5) is 5.69 Å². The number of likely N-dealkylation sites (tertiary alicyclic amines) is 1. The standard InChI is InChI=1S/C29H38ClN3O4/c1-16(2)12-14-33-25(27(35)32-21-10-5-7-17(3)18(21)4)29-13-11-22(37-29)23(24(29)28(33)36)26(34)31-20-9-6-8-19(30)15-20/h6,8-9,11,13,15-18,21-25H,5,7,10,12,14H2,1-4H3,(H,31,34)(H,32,35). The Bertz CT molecular complexity index is 1110. The third kappa shape index (κ3) is 4.59. The van der Waals surface area contributed by atoms with Crippen LogP contribution in [0.3, 0.4) is 0 Å². The van der Waals surface area contributed by atoms with Gasteiger partial charge in [0, 0.05) is 23.3 Å². The van der Waals surface area contributed by atoms with Crippen molar-refractivity contribution in [2.45, 2.75) is 77.2 Å². The van der Waals surface area contributed by atoms with Gasteiger partial charge in [0.2, 0.25) is 17.7 Å². The number of rotatable bonds is 7. The molecular weight excluding hydrogens is 490 g/mol. The minimum atomic E-state index is -1.14. The van der Waals surface area contributed by atoms with E-state index in [2.05, 4.69) is 38.3 Å². The first-order chi connectivity index (χ1) is 17.6. The van der Waals surface area contributed by atoms with Gasteiger partial charge in [-0.15, -0.1) is 0 Å². The van der Waals surface area contributed by atoms with E-state index < -0.39 is 29.6 Å². The van der Waals surface area contributed by atoms with Gasteiger partial charge in [-0.3, -0.25) is 14.4 Å². The predicted molar refractivity (Wildman–Crippen MR) is 143 cm³/mol. The van der Waals surface area contributed by atoms with Gasteiger partial charge in [-0.2, -0.15) is 0 Å². The second-order valence-corrected chi connectivity index (χ2v) is 12.2. The van der Waals surface area contributed by atoms with Gasteiger partial charge in [0.05, 0.1) is 17.9 Å². The topological polar surface area (TPSA) is 87.7 Å². The van der Waals surface area contributed by atoms with Crippen LogP contribution in [0.1, 0.15) is 53.4 Å². The first-order valence-electron chi connectivity index (χ1n) is 13.7. The summed E-state index contributed by atoms with van der Waals surface area (Å²) in [5, 5.41) is 6.73. The van der Waals surface area contributed by atoms with Gasteiger partial charge in [0.15, 0.2) is 0 Å². The summed E-state index contributed by atoms with van der Waals surface area (Å²) < 4.78 is 6.44. The zero-order valence-corrected chi connectivity index (χ0v) is 22.8. The number of fused-ring (bicyclic) bond motifs is 1. The van der Waals surface area contributed by atoms with Crippen molar-refractivity contribution in [1.29, 1.82) is 0 Å². The Morgan fingerprint density at radius 3 is 2.73 bits per heavy atom. The number of carbonyl (C=O) groups is 3. The Morgan fingerprint density at radius 1 is 1.22 bits per heavy atom. The lowest BCUT2D eigenvalue weighted by Crippen LogP contribution is -2.58. The Morgan fingerprint density at radius 2 is 2.00 bits per heavy atom. The van der Waals surface area contributed by atoms with Gasteiger partial charge in [0.1, 0.15) is 11.6 Å². The first-order valence-corrected chi connectivity index (χ1v) is 14.0. The maximum Gasteiger partial charge on any atom is 0.246 e. The molecule has 37 heavy (non-hydrogen) atoms. The van der Waals surface area contributed by atoms with Gasteiger partial charge in [0.25, 0.3) is 0 Å². The molecule has 1 aromatic rings. The fourth-order valence-electron chi connectivity index (χ4n) is 6.74. The number of benzene rings is 1. The molecular formula is C29H38ClN3O4. The van der Waals surface area contributed by atoms with E-state index in [-0.39, 0.29) is 23.8 Å². The van der Waals surface area contributed by atoms with Crippen LogP contribution in [-0.2, 0) is 19.1 Å². The quantitative estimate of drug-likeness (QED) is 0.514. The van der Waals surface area contributed by atoms with Crippen LogP contribution in [-0.4, -0.2) is 53.0 Å². The maximum atomic E-state index is 14.0. The molecule has 1 aromatic carbocycles. The zero-order valence-electron chi connectivity index (χ0n) is 22.1. The van der Waals surface area contributed by atoms with Gasteiger partial charge in [-0.1, -0.05) is 70.4 Å². The average Bonchev–Trinajstić information content (AvgIpc) is 3.48. The van der Waals surface area contributed by atoms with E-state index in [4.69, 9.17) is 16.3 Å². The molecule has 1 spiro atoms. The molecule has 2 bridgehead atoms. The number of ether oxygens (including phenoxy) is 1. The van der Waals surface area contributed by atoms with Crippen molar-refractivity contribution in [2.75, 3.05) is 11.9 Å². The highest BCUT2D eigenvalue weighted by Crippen LogP contribution is 2.55. The van der Waals surface area contributed by atoms with Crippen LogP contribution < -0.4 is 10.6 Å². The van der Waals surface area contributed by atoms with Crippen LogP contribution in [0, 0.1) is 29.6 Å². The summed E-state index contributed by atoms with van der Waals surface area (Å²) in [6.45, 7) is 9.08. The number of anilines is 1. The summed E-state index contributed by atoms with van der Waals surface area (Å²) in [7, 11) is 0. The zero-order chi connectivity index (χ0) is 26.5. The van der Waals surface area contributed by atoms with Gasteiger partial charge >= 0.3 is 0 Å². The van der Waals surface area contributed by atoms with E-state index in [1.165, 1.54) is 6.42 Å². The van der Waals surface area contributed by atoms with E-state index in [0.717, 1.165) is 19.3 Å². The lowest BCUT2D eigenvalue weighted by atomic mass is 9.73. The second-order valence-electron chi connectivity index (χ2n) is 11.8. The molecule has 3 heterocycles. The monoisotopic (exact) mass is 527 g/mol. The third-order valence-corrected chi connectivity index (χ3v) is 9.23. The molecule has 200 valence electrons. The summed E-state index contributed by atoms with van der Waals surface area (Å²) in [5.41, 5.74) is -0.571. The average molecular weight is 528 g/mol. The summed E-state index contributed by atoms with van der Waals surface area (Å²) in [5.74, 6) is -0.850. The summed E-state index contributed by atoms with van der Waals surface area (Å²) in [4.78, 5) is 43.1. The molecule has 0 aromatic heterocycles. The minimum Gasteiger partial charge on any atom is -0.359 e. The molecule has 1 saturated carbocycles. The van der Waals surface area contributed by atoms with Gasteiger partial charge < -0.3 is 20.3 Å². The molecule has 2 N–H and O–H groups in total. The molecule has 8 unspecified atom stereocenters. The highest BCUT2D eigenvalue weighted by atomic mass is 35.5. The van der Waals surface area contributed by atoms with Gasteiger partial charge in [-0.05, 0) is 48.8 Å². The number of amides is 3. The van der Waals surface area contributed by atoms with Crippen LogP contribution in [0.15, 0.2) is 36.4 Å². The lowest BCUT2D eigenvalue weighted by molar-refractivity contribution is -0.141. The maximum absolute atomic E-state index is 14.0. The molecule has 8 heteroatoms. The SMILES string of the molecule is CC(C)CCN1C(=O)C2C(C(=O)Nc3cccc(Cl)c3)C3C=CC2(O3)C1C(=O)NC1CCCC(C)C1C. The normalized spacial score (nSPS) is 36.2. The van der Waals surface area contributed by atoms with Crippen molar-refractivity contribution in [3.63, 3.8) is 0 Å². The molecule has 2 saturated heterocycles. The Hall–Kier alpha value is -2.38. The number of hydrogen-bond acceptors (Lipinski definition) is 4. The van der Waals surface area contributed by atoms with E-state index in [1.54, 1.807) is 29.2 Å². The van der Waals surface area contributed by atoms with Crippen molar-refractivity contribution in [1.82, 2.24) is 10.2 Å². The molecule has 8 atom stereocenters. The Balaban J connectivity index is 1.43. The fourth-order valence-corrected chi connectivity index (χ4v) is 6.93.